The maximum atomic E-state index is 12.3. The number of carbonyl (C=O) groups excluding carboxylic acids is 1. The average Bonchev–Trinajstić information content (AvgIpc) is 3.16. The highest BCUT2D eigenvalue weighted by molar-refractivity contribution is 6.03. The monoisotopic (exact) mass is 366 g/mol. The fraction of sp³-hybridized carbons (Fsp3) is 0.211. The van der Waals surface area contributed by atoms with Gasteiger partial charge in [-0.15, -0.1) is 5.10 Å². The van der Waals surface area contributed by atoms with E-state index in [4.69, 9.17) is 13.9 Å². The molecule has 0 radical (unpaired) electrons. The van der Waals surface area contributed by atoms with Gasteiger partial charge in [0.15, 0.2) is 11.5 Å². The van der Waals surface area contributed by atoms with Crippen LogP contribution in [0, 0.1) is 0 Å². The van der Waals surface area contributed by atoms with E-state index in [1.165, 1.54) is 0 Å². The van der Waals surface area contributed by atoms with E-state index in [-0.39, 0.29) is 24.4 Å². The van der Waals surface area contributed by atoms with Crippen molar-refractivity contribution in [3.8, 4) is 11.5 Å². The van der Waals surface area contributed by atoms with Crippen molar-refractivity contribution in [2.24, 2.45) is 0 Å². The van der Waals surface area contributed by atoms with Crippen molar-refractivity contribution < 1.29 is 18.7 Å². The number of hydrogen-bond donors (Lipinski definition) is 1. The number of nitrogens with zero attached hydrogens (tertiary/aromatic N) is 3. The molecule has 0 fully saturated rings. The van der Waals surface area contributed by atoms with Crippen LogP contribution < -0.4 is 19.7 Å². The predicted molar refractivity (Wildman–Crippen MR) is 98.3 cm³/mol. The fourth-order valence-electron chi connectivity index (χ4n) is 2.64. The zero-order valence-corrected chi connectivity index (χ0v) is 14.9. The molecule has 138 valence electrons. The molecule has 1 amide bonds. The number of fused-ring (bicyclic) bond motifs is 1. The van der Waals surface area contributed by atoms with Crippen molar-refractivity contribution in [3.63, 3.8) is 0 Å². The van der Waals surface area contributed by atoms with Crippen LogP contribution in [-0.4, -0.2) is 36.8 Å². The van der Waals surface area contributed by atoms with Gasteiger partial charge in [0.05, 0.1) is 0 Å². The summed E-state index contributed by atoms with van der Waals surface area (Å²) < 4.78 is 17.0. The molecule has 0 bridgehead atoms. The van der Waals surface area contributed by atoms with Gasteiger partial charge in [-0.05, 0) is 36.4 Å². The Morgan fingerprint density at radius 2 is 1.81 bits per heavy atom. The molecule has 27 heavy (non-hydrogen) atoms. The Hall–Kier alpha value is -3.55. The highest BCUT2D eigenvalue weighted by Crippen LogP contribution is 2.35. The molecule has 1 aliphatic rings. The number of benzene rings is 2. The van der Waals surface area contributed by atoms with Crippen molar-refractivity contribution in [1.29, 1.82) is 0 Å². The van der Waals surface area contributed by atoms with Crippen molar-refractivity contribution in [2.75, 3.05) is 30.9 Å². The second kappa shape index (κ2) is 6.99. The highest BCUT2D eigenvalue weighted by atomic mass is 16.6. The van der Waals surface area contributed by atoms with Crippen molar-refractivity contribution in [2.45, 2.75) is 6.10 Å². The van der Waals surface area contributed by atoms with E-state index in [9.17, 15) is 4.79 Å². The standard InChI is InChI=1S/C19H18N4O4/c1-23(2)13-9-7-12(8-10-13)17(24)20-19-22-21-18(27-19)16-11-25-14-5-3-4-6-15(14)26-16/h3-10,16H,11H2,1-2H3,(H,20,22,24). The molecule has 1 N–H and O–H groups in total. The first-order chi connectivity index (χ1) is 13.1. The van der Waals surface area contributed by atoms with Gasteiger partial charge in [-0.1, -0.05) is 17.2 Å². The van der Waals surface area contributed by atoms with Gasteiger partial charge in [-0.25, -0.2) is 0 Å². The highest BCUT2D eigenvalue weighted by Gasteiger charge is 2.27. The van der Waals surface area contributed by atoms with Crippen LogP contribution in [0.5, 0.6) is 11.5 Å². The number of rotatable bonds is 4. The molecule has 2 heterocycles. The lowest BCUT2D eigenvalue weighted by Gasteiger charge is -2.23. The summed E-state index contributed by atoms with van der Waals surface area (Å²) in [5.41, 5.74) is 1.49. The maximum Gasteiger partial charge on any atom is 0.322 e. The Morgan fingerprint density at radius 3 is 2.56 bits per heavy atom. The van der Waals surface area contributed by atoms with Crippen molar-refractivity contribution in [1.82, 2.24) is 10.2 Å². The molecule has 2 aromatic carbocycles. The summed E-state index contributed by atoms with van der Waals surface area (Å²) in [5.74, 6) is 1.19. The minimum Gasteiger partial charge on any atom is -0.485 e. The van der Waals surface area contributed by atoms with Gasteiger partial charge in [0.25, 0.3) is 11.8 Å². The molecule has 8 heteroatoms. The number of carbonyl (C=O) groups is 1. The zero-order valence-electron chi connectivity index (χ0n) is 14.9. The first-order valence-electron chi connectivity index (χ1n) is 8.41. The summed E-state index contributed by atoms with van der Waals surface area (Å²) in [6.07, 6.45) is -0.530. The van der Waals surface area contributed by atoms with Gasteiger partial charge < -0.3 is 18.8 Å². The topological polar surface area (TPSA) is 89.7 Å². The molecule has 0 saturated carbocycles. The first kappa shape index (κ1) is 16.9. The third-order valence-corrected chi connectivity index (χ3v) is 4.09. The van der Waals surface area contributed by atoms with E-state index in [0.29, 0.717) is 17.1 Å². The normalized spacial score (nSPS) is 15.3. The lowest BCUT2D eigenvalue weighted by atomic mass is 10.2. The number of nitrogens with one attached hydrogen (secondary N) is 1. The molecule has 0 aliphatic carbocycles. The minimum atomic E-state index is -0.530. The van der Waals surface area contributed by atoms with E-state index in [2.05, 4.69) is 15.5 Å². The number of para-hydroxylation sites is 2. The predicted octanol–water partition coefficient (Wildman–Crippen LogP) is 2.90. The summed E-state index contributed by atoms with van der Waals surface area (Å²) >= 11 is 0. The van der Waals surface area contributed by atoms with Crippen LogP contribution in [0.2, 0.25) is 0 Å². The second-order valence-electron chi connectivity index (χ2n) is 6.21. The zero-order chi connectivity index (χ0) is 18.8. The van der Waals surface area contributed by atoms with Crippen LogP contribution in [0.3, 0.4) is 0 Å². The number of ether oxygens (including phenoxy) is 2. The lowest BCUT2D eigenvalue weighted by molar-refractivity contribution is 0.0716. The van der Waals surface area contributed by atoms with Gasteiger partial charge in [0.1, 0.15) is 6.61 Å². The Labute approximate surface area is 155 Å². The third-order valence-electron chi connectivity index (χ3n) is 4.09. The molecule has 8 nitrogen and oxygen atoms in total. The summed E-state index contributed by atoms with van der Waals surface area (Å²) in [6, 6.07) is 14.5. The summed E-state index contributed by atoms with van der Waals surface area (Å²) in [5, 5.41) is 10.4. The SMILES string of the molecule is CN(C)c1ccc(C(=O)Nc2nnc(C3COc4ccccc4O3)o2)cc1. The Morgan fingerprint density at radius 1 is 1.07 bits per heavy atom. The summed E-state index contributed by atoms with van der Waals surface area (Å²) in [4.78, 5) is 14.3. The molecule has 1 aliphatic heterocycles. The molecular formula is C19H18N4O4. The number of anilines is 2. The van der Waals surface area contributed by atoms with Crippen LogP contribution >= 0.6 is 0 Å². The average molecular weight is 366 g/mol. The van der Waals surface area contributed by atoms with E-state index in [1.807, 2.05) is 49.3 Å². The van der Waals surface area contributed by atoms with E-state index in [1.54, 1.807) is 18.2 Å². The van der Waals surface area contributed by atoms with Crippen LogP contribution in [0.25, 0.3) is 0 Å². The van der Waals surface area contributed by atoms with Crippen LogP contribution in [0.4, 0.5) is 11.7 Å². The summed E-state index contributed by atoms with van der Waals surface area (Å²) in [6.45, 7) is 0.249. The van der Waals surface area contributed by atoms with Gasteiger partial charge >= 0.3 is 6.01 Å². The van der Waals surface area contributed by atoms with Crippen LogP contribution in [0.1, 0.15) is 22.4 Å². The van der Waals surface area contributed by atoms with Crippen molar-refractivity contribution in [3.05, 3.63) is 60.0 Å². The van der Waals surface area contributed by atoms with Crippen molar-refractivity contribution >= 4 is 17.6 Å². The van der Waals surface area contributed by atoms with E-state index < -0.39 is 6.10 Å². The number of amides is 1. The maximum absolute atomic E-state index is 12.3. The lowest BCUT2D eigenvalue weighted by Crippen LogP contribution is -2.21. The first-order valence-corrected chi connectivity index (χ1v) is 8.41. The number of aromatic nitrogens is 2. The van der Waals surface area contributed by atoms with E-state index >= 15 is 0 Å². The molecule has 1 atom stereocenters. The molecular weight excluding hydrogens is 348 g/mol. The minimum absolute atomic E-state index is 0.00847. The fourth-order valence-corrected chi connectivity index (χ4v) is 2.64. The molecule has 0 spiro atoms. The van der Waals surface area contributed by atoms with Crippen LogP contribution in [0.15, 0.2) is 52.9 Å². The smallest absolute Gasteiger partial charge is 0.322 e. The Kier molecular flexibility index (Phi) is 4.37. The van der Waals surface area contributed by atoms with Gasteiger partial charge in [-0.3, -0.25) is 10.1 Å². The summed E-state index contributed by atoms with van der Waals surface area (Å²) in [7, 11) is 3.87. The molecule has 4 rings (SSSR count). The molecule has 1 aromatic heterocycles. The van der Waals surface area contributed by atoms with Gasteiger partial charge in [0.2, 0.25) is 6.10 Å². The molecule has 3 aromatic rings. The third kappa shape index (κ3) is 3.55. The van der Waals surface area contributed by atoms with Gasteiger partial charge in [-0.2, -0.15) is 0 Å². The second-order valence-corrected chi connectivity index (χ2v) is 6.21. The van der Waals surface area contributed by atoms with Crippen LogP contribution in [-0.2, 0) is 0 Å². The number of hydrogen-bond acceptors (Lipinski definition) is 7. The molecule has 1 unspecified atom stereocenters. The Bertz CT molecular complexity index is 952. The largest absolute Gasteiger partial charge is 0.485 e. The van der Waals surface area contributed by atoms with Gasteiger partial charge in [0, 0.05) is 25.3 Å². The van der Waals surface area contributed by atoms with E-state index in [0.717, 1.165) is 5.69 Å². The molecule has 0 saturated heterocycles. The Balaban J connectivity index is 1.43. The quantitative estimate of drug-likeness (QED) is 0.759.